The van der Waals surface area contributed by atoms with Crippen molar-refractivity contribution in [2.24, 2.45) is 0 Å². The Bertz CT molecular complexity index is 724. The second-order valence-electron chi connectivity index (χ2n) is 5.68. The van der Waals surface area contributed by atoms with Gasteiger partial charge < -0.3 is 15.0 Å². The van der Waals surface area contributed by atoms with Gasteiger partial charge in [0.05, 0.1) is 17.9 Å². The van der Waals surface area contributed by atoms with Gasteiger partial charge in [0.2, 0.25) is 10.0 Å². The van der Waals surface area contributed by atoms with Crippen molar-refractivity contribution in [3.63, 3.8) is 0 Å². The van der Waals surface area contributed by atoms with Gasteiger partial charge in [0, 0.05) is 25.8 Å². The number of carbonyl (C=O) groups excluding carboxylic acids is 2. The zero-order chi connectivity index (χ0) is 19.2. The third-order valence-electron chi connectivity index (χ3n) is 3.92. The van der Waals surface area contributed by atoms with Gasteiger partial charge in [-0.25, -0.2) is 17.5 Å². The second-order valence-corrected chi connectivity index (χ2v) is 8.04. The maximum atomic E-state index is 12.3. The number of aromatic nitrogens is 1. The first kappa shape index (κ1) is 21.2. The van der Waals surface area contributed by atoms with E-state index in [2.05, 4.69) is 10.3 Å². The summed E-state index contributed by atoms with van der Waals surface area (Å²) in [6.07, 6.45) is 0.491. The zero-order valence-electron chi connectivity index (χ0n) is 15.4. The molecule has 0 saturated carbocycles. The molecule has 1 rings (SSSR count). The van der Waals surface area contributed by atoms with Crippen molar-refractivity contribution in [3.05, 3.63) is 22.5 Å². The molecule has 0 unspecified atom stereocenters. The molecule has 2 N–H and O–H groups in total. The van der Waals surface area contributed by atoms with Crippen LogP contribution in [0.15, 0.2) is 0 Å². The Labute approximate surface area is 149 Å². The van der Waals surface area contributed by atoms with Crippen molar-refractivity contribution in [2.75, 3.05) is 32.5 Å². The lowest BCUT2D eigenvalue weighted by Crippen LogP contribution is -2.32. The number of nitrogens with zero attached hydrogens (tertiary/aromatic N) is 1. The predicted octanol–water partition coefficient (Wildman–Crippen LogP) is 1.21. The summed E-state index contributed by atoms with van der Waals surface area (Å²) >= 11 is 0. The van der Waals surface area contributed by atoms with E-state index >= 15 is 0 Å². The maximum Gasteiger partial charge on any atom is 0.340 e. The molecule has 0 bridgehead atoms. The van der Waals surface area contributed by atoms with E-state index in [1.54, 1.807) is 27.7 Å². The second kappa shape index (κ2) is 9.00. The Morgan fingerprint density at radius 2 is 1.88 bits per heavy atom. The molecule has 1 heterocycles. The van der Waals surface area contributed by atoms with Crippen molar-refractivity contribution in [3.8, 4) is 0 Å². The van der Waals surface area contributed by atoms with Crippen molar-refractivity contribution >= 4 is 21.9 Å². The average Bonchev–Trinajstić information content (AvgIpc) is 2.86. The molecule has 0 atom stereocenters. The van der Waals surface area contributed by atoms with Gasteiger partial charge in [-0.15, -0.1) is 0 Å². The summed E-state index contributed by atoms with van der Waals surface area (Å²) in [4.78, 5) is 27.1. The summed E-state index contributed by atoms with van der Waals surface area (Å²) < 4.78 is 29.6. The lowest BCUT2D eigenvalue weighted by atomic mass is 10.1. The number of hydrogen-bond donors (Lipinski definition) is 2. The summed E-state index contributed by atoms with van der Waals surface area (Å²) in [6.45, 7) is 7.62. The van der Waals surface area contributed by atoms with Gasteiger partial charge in [0.25, 0.3) is 5.91 Å². The van der Waals surface area contributed by atoms with Crippen molar-refractivity contribution < 1.29 is 22.7 Å². The van der Waals surface area contributed by atoms with Crippen LogP contribution in [-0.4, -0.2) is 62.1 Å². The normalized spacial score (nSPS) is 11.6. The first-order valence-corrected chi connectivity index (χ1v) is 9.85. The van der Waals surface area contributed by atoms with Crippen LogP contribution in [0.2, 0.25) is 0 Å². The van der Waals surface area contributed by atoms with E-state index < -0.39 is 16.0 Å². The average molecular weight is 373 g/mol. The third kappa shape index (κ3) is 5.30. The van der Waals surface area contributed by atoms with Crippen molar-refractivity contribution in [1.82, 2.24) is 14.6 Å². The topological polar surface area (TPSA) is 109 Å². The largest absolute Gasteiger partial charge is 0.462 e. The van der Waals surface area contributed by atoms with Crippen molar-refractivity contribution in [2.45, 2.75) is 34.1 Å². The van der Waals surface area contributed by atoms with E-state index in [1.165, 1.54) is 11.4 Å². The minimum Gasteiger partial charge on any atom is -0.462 e. The highest BCUT2D eigenvalue weighted by Crippen LogP contribution is 2.19. The van der Waals surface area contributed by atoms with Crippen LogP contribution in [0.4, 0.5) is 0 Å². The number of sulfonamides is 1. The van der Waals surface area contributed by atoms with E-state index in [9.17, 15) is 18.0 Å². The fourth-order valence-electron chi connectivity index (χ4n) is 2.44. The van der Waals surface area contributed by atoms with Crippen LogP contribution in [0.1, 0.15) is 52.4 Å². The quantitative estimate of drug-likeness (QED) is 0.500. The maximum absolute atomic E-state index is 12.3. The number of esters is 1. The van der Waals surface area contributed by atoms with Gasteiger partial charge in [0.1, 0.15) is 5.69 Å². The fraction of sp³-hybridized carbons (Fsp3) is 0.625. The molecule has 1 aromatic heterocycles. The highest BCUT2D eigenvalue weighted by atomic mass is 32.2. The summed E-state index contributed by atoms with van der Waals surface area (Å²) in [7, 11) is -1.69. The van der Waals surface area contributed by atoms with Crippen LogP contribution >= 0.6 is 0 Å². The molecule has 0 spiro atoms. The molecule has 0 saturated heterocycles. The van der Waals surface area contributed by atoms with Crippen LogP contribution < -0.4 is 5.32 Å². The number of carbonyl (C=O) groups is 2. The Morgan fingerprint density at radius 3 is 2.44 bits per heavy atom. The molecule has 0 aliphatic rings. The molecule has 9 heteroatoms. The van der Waals surface area contributed by atoms with Gasteiger partial charge in [0.15, 0.2) is 0 Å². The Morgan fingerprint density at radius 1 is 1.24 bits per heavy atom. The standard InChI is InChI=1S/C16H27N3O5S/c1-6-24-16(21)13-11(3)14(18-12(13)4)15(20)17-9-8-10-19(5)25(22,23)7-2/h18H,6-10H2,1-5H3,(H,17,20). The Kier molecular flexibility index (Phi) is 7.62. The molecule has 0 radical (unpaired) electrons. The molecule has 0 aromatic carbocycles. The van der Waals surface area contributed by atoms with Crippen LogP contribution in [0.5, 0.6) is 0 Å². The number of ether oxygens (including phenoxy) is 1. The number of aryl methyl sites for hydroxylation is 1. The number of nitrogens with one attached hydrogen (secondary N) is 2. The molecule has 25 heavy (non-hydrogen) atoms. The minimum absolute atomic E-state index is 0.0491. The van der Waals surface area contributed by atoms with E-state index in [4.69, 9.17) is 4.74 Å². The van der Waals surface area contributed by atoms with E-state index in [0.717, 1.165) is 0 Å². The number of rotatable bonds is 9. The molecule has 0 aliphatic heterocycles. The smallest absolute Gasteiger partial charge is 0.340 e. The Hall–Kier alpha value is -1.87. The van der Waals surface area contributed by atoms with Gasteiger partial charge in [-0.2, -0.15) is 0 Å². The zero-order valence-corrected chi connectivity index (χ0v) is 16.2. The molecule has 142 valence electrons. The van der Waals surface area contributed by atoms with E-state index in [-0.39, 0.29) is 18.3 Å². The first-order valence-electron chi connectivity index (χ1n) is 8.24. The van der Waals surface area contributed by atoms with Crippen molar-refractivity contribution in [1.29, 1.82) is 0 Å². The third-order valence-corrected chi connectivity index (χ3v) is 5.78. The van der Waals surface area contributed by atoms with Crippen LogP contribution in [0.3, 0.4) is 0 Å². The number of aromatic amines is 1. The Balaban J connectivity index is 2.65. The predicted molar refractivity (Wildman–Crippen MR) is 95.3 cm³/mol. The van der Waals surface area contributed by atoms with Gasteiger partial charge in [-0.1, -0.05) is 0 Å². The lowest BCUT2D eigenvalue weighted by Gasteiger charge is -2.15. The fourth-order valence-corrected chi connectivity index (χ4v) is 3.29. The van der Waals surface area contributed by atoms with Crippen LogP contribution in [-0.2, 0) is 14.8 Å². The molecular formula is C16H27N3O5S. The molecule has 1 amide bonds. The van der Waals surface area contributed by atoms with E-state index in [0.29, 0.717) is 42.0 Å². The summed E-state index contributed by atoms with van der Waals surface area (Å²) in [5.41, 5.74) is 1.81. The summed E-state index contributed by atoms with van der Waals surface area (Å²) in [6, 6.07) is 0. The summed E-state index contributed by atoms with van der Waals surface area (Å²) in [5.74, 6) is -0.746. The highest BCUT2D eigenvalue weighted by Gasteiger charge is 2.22. The van der Waals surface area contributed by atoms with Gasteiger partial charge in [-0.05, 0) is 39.7 Å². The molecule has 1 aromatic rings. The van der Waals surface area contributed by atoms with Gasteiger partial charge >= 0.3 is 5.97 Å². The van der Waals surface area contributed by atoms with E-state index in [1.807, 2.05) is 0 Å². The molecular weight excluding hydrogens is 346 g/mol. The molecule has 8 nitrogen and oxygen atoms in total. The number of H-pyrrole nitrogens is 1. The minimum atomic E-state index is -3.21. The monoisotopic (exact) mass is 373 g/mol. The number of hydrogen-bond acceptors (Lipinski definition) is 5. The SMILES string of the molecule is CCOC(=O)c1c(C)[nH]c(C(=O)NCCCN(C)S(=O)(=O)CC)c1C. The number of amides is 1. The highest BCUT2D eigenvalue weighted by molar-refractivity contribution is 7.89. The molecule has 0 fully saturated rings. The van der Waals surface area contributed by atoms with Crippen LogP contribution in [0.25, 0.3) is 0 Å². The lowest BCUT2D eigenvalue weighted by molar-refractivity contribution is 0.0525. The van der Waals surface area contributed by atoms with Gasteiger partial charge in [-0.3, -0.25) is 4.79 Å². The van der Waals surface area contributed by atoms with Crippen LogP contribution in [0, 0.1) is 13.8 Å². The summed E-state index contributed by atoms with van der Waals surface area (Å²) in [5, 5.41) is 2.73. The first-order chi connectivity index (χ1) is 11.7. The molecule has 0 aliphatic carbocycles.